The van der Waals surface area contributed by atoms with Gasteiger partial charge in [0.05, 0.1) is 12.7 Å². The number of aryl methyl sites for hydroxylation is 1. The van der Waals surface area contributed by atoms with Gasteiger partial charge in [0.25, 0.3) is 0 Å². The standard InChI is InChI=1S/C14H25N3/c1-13-11-16-17(12-13)10-9-15-14-7-5-3-2-4-6-8-14/h11-12,14-15H,2-10H2,1H3. The average molecular weight is 235 g/mol. The van der Waals surface area contributed by atoms with Gasteiger partial charge >= 0.3 is 0 Å². The van der Waals surface area contributed by atoms with Gasteiger partial charge in [0.2, 0.25) is 0 Å². The Balaban J connectivity index is 1.66. The summed E-state index contributed by atoms with van der Waals surface area (Å²) in [4.78, 5) is 0. The van der Waals surface area contributed by atoms with Gasteiger partial charge in [-0.15, -0.1) is 0 Å². The first kappa shape index (κ1) is 12.6. The number of hydrogen-bond acceptors (Lipinski definition) is 2. The molecular formula is C14H25N3. The molecule has 1 heterocycles. The van der Waals surface area contributed by atoms with Gasteiger partial charge in [-0.05, 0) is 25.3 Å². The van der Waals surface area contributed by atoms with Crippen molar-refractivity contribution in [2.75, 3.05) is 6.54 Å². The van der Waals surface area contributed by atoms with Crippen LogP contribution in [0.4, 0.5) is 0 Å². The van der Waals surface area contributed by atoms with Gasteiger partial charge in [0.1, 0.15) is 0 Å². The van der Waals surface area contributed by atoms with Crippen molar-refractivity contribution in [1.82, 2.24) is 15.1 Å². The molecule has 1 aromatic heterocycles. The van der Waals surface area contributed by atoms with Gasteiger partial charge in [-0.1, -0.05) is 32.1 Å². The van der Waals surface area contributed by atoms with E-state index in [9.17, 15) is 0 Å². The topological polar surface area (TPSA) is 29.9 Å². The van der Waals surface area contributed by atoms with Crippen LogP contribution in [0.5, 0.6) is 0 Å². The Hall–Kier alpha value is -0.830. The summed E-state index contributed by atoms with van der Waals surface area (Å²) in [5.41, 5.74) is 1.25. The summed E-state index contributed by atoms with van der Waals surface area (Å²) < 4.78 is 2.03. The van der Waals surface area contributed by atoms with Crippen molar-refractivity contribution in [3.05, 3.63) is 18.0 Å². The normalized spacial score (nSPS) is 18.9. The van der Waals surface area contributed by atoms with E-state index in [1.165, 1.54) is 50.5 Å². The molecule has 0 radical (unpaired) electrons. The fraction of sp³-hybridized carbons (Fsp3) is 0.786. The Bertz CT molecular complexity index is 311. The Morgan fingerprint density at radius 1 is 1.24 bits per heavy atom. The predicted octanol–water partition coefficient (Wildman–Crippen LogP) is 2.89. The highest BCUT2D eigenvalue weighted by Gasteiger charge is 2.10. The predicted molar refractivity (Wildman–Crippen MR) is 71.1 cm³/mol. The van der Waals surface area contributed by atoms with Gasteiger partial charge in [0, 0.05) is 18.8 Å². The van der Waals surface area contributed by atoms with E-state index in [1.807, 2.05) is 10.9 Å². The molecule has 17 heavy (non-hydrogen) atoms. The molecule has 0 spiro atoms. The zero-order chi connectivity index (χ0) is 11.9. The van der Waals surface area contributed by atoms with Gasteiger partial charge in [-0.25, -0.2) is 0 Å². The van der Waals surface area contributed by atoms with Crippen molar-refractivity contribution in [1.29, 1.82) is 0 Å². The molecule has 1 aliphatic carbocycles. The third-order valence-corrected chi connectivity index (χ3v) is 3.64. The molecule has 0 unspecified atom stereocenters. The maximum Gasteiger partial charge on any atom is 0.0534 e. The molecule has 1 fully saturated rings. The molecule has 3 nitrogen and oxygen atoms in total. The molecule has 1 saturated carbocycles. The lowest BCUT2D eigenvalue weighted by Gasteiger charge is -2.21. The number of nitrogens with zero attached hydrogens (tertiary/aromatic N) is 2. The Morgan fingerprint density at radius 2 is 1.94 bits per heavy atom. The first-order valence-electron chi connectivity index (χ1n) is 7.07. The van der Waals surface area contributed by atoms with Crippen LogP contribution in [0.25, 0.3) is 0 Å². The van der Waals surface area contributed by atoms with Crippen molar-refractivity contribution in [2.45, 2.75) is 64.5 Å². The summed E-state index contributed by atoms with van der Waals surface area (Å²) in [5, 5.41) is 7.99. The summed E-state index contributed by atoms with van der Waals surface area (Å²) in [7, 11) is 0. The molecule has 0 saturated heterocycles. The lowest BCUT2D eigenvalue weighted by Crippen LogP contribution is -2.32. The lowest BCUT2D eigenvalue weighted by atomic mass is 9.97. The zero-order valence-electron chi connectivity index (χ0n) is 11.0. The highest BCUT2D eigenvalue weighted by molar-refractivity contribution is 4.99. The second-order valence-corrected chi connectivity index (χ2v) is 5.28. The molecule has 96 valence electrons. The SMILES string of the molecule is Cc1cnn(CCNC2CCCCCCC2)c1. The number of aromatic nitrogens is 2. The summed E-state index contributed by atoms with van der Waals surface area (Å²) in [6.07, 6.45) is 13.9. The third-order valence-electron chi connectivity index (χ3n) is 3.64. The second kappa shape index (κ2) is 6.80. The van der Waals surface area contributed by atoms with Crippen LogP contribution >= 0.6 is 0 Å². The molecule has 0 atom stereocenters. The fourth-order valence-electron chi connectivity index (χ4n) is 2.63. The first-order chi connectivity index (χ1) is 8.34. The monoisotopic (exact) mass is 235 g/mol. The smallest absolute Gasteiger partial charge is 0.0534 e. The molecule has 2 rings (SSSR count). The van der Waals surface area contributed by atoms with Gasteiger partial charge < -0.3 is 5.32 Å². The van der Waals surface area contributed by atoms with E-state index in [2.05, 4.69) is 23.5 Å². The summed E-state index contributed by atoms with van der Waals surface area (Å²) >= 11 is 0. The molecule has 1 aliphatic rings. The van der Waals surface area contributed by atoms with Crippen molar-refractivity contribution >= 4 is 0 Å². The van der Waals surface area contributed by atoms with E-state index in [0.29, 0.717) is 0 Å². The molecular weight excluding hydrogens is 210 g/mol. The van der Waals surface area contributed by atoms with E-state index in [-0.39, 0.29) is 0 Å². The molecule has 3 heteroatoms. The van der Waals surface area contributed by atoms with Crippen molar-refractivity contribution < 1.29 is 0 Å². The first-order valence-corrected chi connectivity index (χ1v) is 7.07. The second-order valence-electron chi connectivity index (χ2n) is 5.28. The van der Waals surface area contributed by atoms with E-state index in [1.54, 1.807) is 0 Å². The largest absolute Gasteiger partial charge is 0.312 e. The van der Waals surface area contributed by atoms with Crippen LogP contribution in [0, 0.1) is 6.92 Å². The lowest BCUT2D eigenvalue weighted by molar-refractivity contribution is 0.380. The maximum atomic E-state index is 4.31. The highest BCUT2D eigenvalue weighted by Crippen LogP contribution is 2.16. The summed E-state index contributed by atoms with van der Waals surface area (Å²) in [6, 6.07) is 0.743. The van der Waals surface area contributed by atoms with E-state index < -0.39 is 0 Å². The maximum absolute atomic E-state index is 4.31. The molecule has 0 amide bonds. The van der Waals surface area contributed by atoms with Crippen LogP contribution in [-0.2, 0) is 6.54 Å². The van der Waals surface area contributed by atoms with Gasteiger partial charge in [-0.2, -0.15) is 5.10 Å². The molecule has 0 aromatic carbocycles. The summed E-state index contributed by atoms with van der Waals surface area (Å²) in [5.74, 6) is 0. The van der Waals surface area contributed by atoms with E-state index >= 15 is 0 Å². The van der Waals surface area contributed by atoms with Crippen LogP contribution in [0.2, 0.25) is 0 Å². The van der Waals surface area contributed by atoms with Crippen LogP contribution < -0.4 is 5.32 Å². The minimum atomic E-state index is 0.743. The molecule has 0 bridgehead atoms. The van der Waals surface area contributed by atoms with Crippen molar-refractivity contribution in [2.24, 2.45) is 0 Å². The van der Waals surface area contributed by atoms with Gasteiger partial charge in [-0.3, -0.25) is 4.68 Å². The van der Waals surface area contributed by atoms with Crippen LogP contribution in [-0.4, -0.2) is 22.4 Å². The minimum Gasteiger partial charge on any atom is -0.312 e. The van der Waals surface area contributed by atoms with E-state index in [0.717, 1.165) is 19.1 Å². The Kier molecular flexibility index (Phi) is 5.05. The van der Waals surface area contributed by atoms with Crippen molar-refractivity contribution in [3.63, 3.8) is 0 Å². The van der Waals surface area contributed by atoms with Gasteiger partial charge in [0.15, 0.2) is 0 Å². The quantitative estimate of drug-likeness (QED) is 0.869. The molecule has 1 N–H and O–H groups in total. The van der Waals surface area contributed by atoms with Crippen molar-refractivity contribution in [3.8, 4) is 0 Å². The zero-order valence-corrected chi connectivity index (χ0v) is 11.0. The van der Waals surface area contributed by atoms with E-state index in [4.69, 9.17) is 0 Å². The Labute approximate surface area is 105 Å². The van der Waals surface area contributed by atoms with Crippen LogP contribution in [0.15, 0.2) is 12.4 Å². The average Bonchev–Trinajstić information content (AvgIpc) is 2.67. The van der Waals surface area contributed by atoms with Crippen LogP contribution in [0.3, 0.4) is 0 Å². The molecule has 1 aromatic rings. The fourth-order valence-corrected chi connectivity index (χ4v) is 2.63. The molecule has 0 aliphatic heterocycles. The highest BCUT2D eigenvalue weighted by atomic mass is 15.3. The third kappa shape index (κ3) is 4.50. The number of hydrogen-bond donors (Lipinski definition) is 1. The van der Waals surface area contributed by atoms with Crippen LogP contribution in [0.1, 0.15) is 50.5 Å². The Morgan fingerprint density at radius 3 is 2.59 bits per heavy atom. The number of rotatable bonds is 4. The number of nitrogens with one attached hydrogen (secondary N) is 1. The summed E-state index contributed by atoms with van der Waals surface area (Å²) in [6.45, 7) is 4.13. The minimum absolute atomic E-state index is 0.743.